The SMILES string of the molecule is COC1(C(=O)NCC2(NC(=O)c3cnn4ccncc34)CC2)CC1. The van der Waals surface area contributed by atoms with E-state index in [0.717, 1.165) is 25.7 Å². The van der Waals surface area contributed by atoms with E-state index >= 15 is 0 Å². The summed E-state index contributed by atoms with van der Waals surface area (Å²) in [4.78, 5) is 28.7. The lowest BCUT2D eigenvalue weighted by Crippen LogP contribution is -2.48. The van der Waals surface area contributed by atoms with Crippen LogP contribution in [0, 0.1) is 0 Å². The van der Waals surface area contributed by atoms with Crippen LogP contribution in [0.5, 0.6) is 0 Å². The molecule has 0 radical (unpaired) electrons. The summed E-state index contributed by atoms with van der Waals surface area (Å²) >= 11 is 0. The molecule has 2 amide bonds. The van der Waals surface area contributed by atoms with Crippen LogP contribution in [0.3, 0.4) is 0 Å². The van der Waals surface area contributed by atoms with E-state index < -0.39 is 5.60 Å². The van der Waals surface area contributed by atoms with Crippen molar-refractivity contribution in [2.75, 3.05) is 13.7 Å². The molecule has 4 rings (SSSR count). The summed E-state index contributed by atoms with van der Waals surface area (Å²) in [5.74, 6) is -0.289. The molecule has 0 atom stereocenters. The van der Waals surface area contributed by atoms with E-state index in [2.05, 4.69) is 20.7 Å². The van der Waals surface area contributed by atoms with Gasteiger partial charge in [0.25, 0.3) is 11.8 Å². The van der Waals surface area contributed by atoms with Crippen molar-refractivity contribution >= 4 is 17.3 Å². The maximum atomic E-state index is 12.6. The second kappa shape index (κ2) is 5.27. The van der Waals surface area contributed by atoms with Crippen molar-refractivity contribution in [3.63, 3.8) is 0 Å². The Morgan fingerprint density at radius 1 is 1.29 bits per heavy atom. The van der Waals surface area contributed by atoms with E-state index in [4.69, 9.17) is 4.74 Å². The normalized spacial score (nSPS) is 19.7. The molecule has 0 aliphatic heterocycles. The lowest BCUT2D eigenvalue weighted by Gasteiger charge is -2.20. The second-order valence-electron chi connectivity index (χ2n) is 6.58. The minimum atomic E-state index is -0.645. The number of methoxy groups -OCH3 is 1. The quantitative estimate of drug-likeness (QED) is 0.794. The topological polar surface area (TPSA) is 97.6 Å². The molecule has 2 N–H and O–H groups in total. The highest BCUT2D eigenvalue weighted by Crippen LogP contribution is 2.40. The molecule has 2 fully saturated rings. The van der Waals surface area contributed by atoms with Crippen molar-refractivity contribution in [3.05, 3.63) is 30.4 Å². The number of hydrogen-bond donors (Lipinski definition) is 2. The third-order valence-electron chi connectivity index (χ3n) is 4.90. The number of nitrogens with zero attached hydrogens (tertiary/aromatic N) is 3. The Morgan fingerprint density at radius 2 is 2.08 bits per heavy atom. The number of amides is 2. The first-order chi connectivity index (χ1) is 11.6. The zero-order valence-electron chi connectivity index (χ0n) is 13.4. The molecule has 0 saturated heterocycles. The minimum absolute atomic E-state index is 0.0919. The van der Waals surface area contributed by atoms with Gasteiger partial charge in [-0.25, -0.2) is 4.52 Å². The van der Waals surface area contributed by atoms with Gasteiger partial charge in [-0.2, -0.15) is 5.10 Å². The number of rotatable bonds is 6. The zero-order chi connectivity index (χ0) is 16.8. The highest BCUT2D eigenvalue weighted by atomic mass is 16.5. The number of nitrogens with one attached hydrogen (secondary N) is 2. The third-order valence-corrected chi connectivity index (χ3v) is 4.90. The fourth-order valence-electron chi connectivity index (χ4n) is 2.86. The molecule has 2 saturated carbocycles. The van der Waals surface area contributed by atoms with Crippen molar-refractivity contribution in [1.82, 2.24) is 25.2 Å². The van der Waals surface area contributed by atoms with Crippen molar-refractivity contribution in [2.45, 2.75) is 36.8 Å². The molecule has 2 aliphatic rings. The summed E-state index contributed by atoms with van der Waals surface area (Å²) < 4.78 is 6.88. The van der Waals surface area contributed by atoms with Gasteiger partial charge in [0.2, 0.25) is 0 Å². The molecule has 0 aromatic carbocycles. The summed E-state index contributed by atoms with van der Waals surface area (Å²) in [7, 11) is 1.56. The Hall–Kier alpha value is -2.48. The maximum absolute atomic E-state index is 12.6. The van der Waals surface area contributed by atoms with E-state index in [1.807, 2.05) is 0 Å². The first kappa shape index (κ1) is 15.1. The van der Waals surface area contributed by atoms with E-state index in [1.165, 1.54) is 6.20 Å². The van der Waals surface area contributed by atoms with Gasteiger partial charge in [-0.05, 0) is 25.7 Å². The molecule has 2 heterocycles. The van der Waals surface area contributed by atoms with Gasteiger partial charge in [0, 0.05) is 26.0 Å². The highest BCUT2D eigenvalue weighted by Gasteiger charge is 2.52. The molecule has 24 heavy (non-hydrogen) atoms. The fourth-order valence-corrected chi connectivity index (χ4v) is 2.86. The van der Waals surface area contributed by atoms with Crippen LogP contribution < -0.4 is 10.6 Å². The van der Waals surface area contributed by atoms with Gasteiger partial charge in [-0.1, -0.05) is 0 Å². The molecular weight excluding hydrogens is 310 g/mol. The Labute approximate surface area is 138 Å². The van der Waals surface area contributed by atoms with Crippen LogP contribution in [0.1, 0.15) is 36.0 Å². The molecule has 8 heteroatoms. The van der Waals surface area contributed by atoms with Crippen LogP contribution in [-0.2, 0) is 9.53 Å². The standard InChI is InChI=1S/C16H19N5O3/c1-24-16(4-5-16)14(23)18-10-15(2-3-15)20-13(22)11-8-19-21-7-6-17-9-12(11)21/h6-9H,2-5,10H2,1H3,(H,18,23)(H,20,22). The number of aromatic nitrogens is 3. The Balaban J connectivity index is 1.41. The van der Waals surface area contributed by atoms with Gasteiger partial charge in [0.15, 0.2) is 0 Å². The Bertz CT molecular complexity index is 807. The van der Waals surface area contributed by atoms with Gasteiger partial charge in [-0.15, -0.1) is 0 Å². The predicted molar refractivity (Wildman–Crippen MR) is 84.4 cm³/mol. The lowest BCUT2D eigenvalue weighted by molar-refractivity contribution is -0.133. The monoisotopic (exact) mass is 329 g/mol. The number of carbonyl (C=O) groups excluding carboxylic acids is 2. The van der Waals surface area contributed by atoms with E-state index in [0.29, 0.717) is 17.6 Å². The first-order valence-corrected chi connectivity index (χ1v) is 8.01. The minimum Gasteiger partial charge on any atom is -0.368 e. The largest absolute Gasteiger partial charge is 0.368 e. The van der Waals surface area contributed by atoms with Crippen molar-refractivity contribution < 1.29 is 14.3 Å². The van der Waals surface area contributed by atoms with Gasteiger partial charge < -0.3 is 15.4 Å². The van der Waals surface area contributed by atoms with Crippen LogP contribution in [0.2, 0.25) is 0 Å². The van der Waals surface area contributed by atoms with Crippen LogP contribution in [0.15, 0.2) is 24.8 Å². The summed E-state index contributed by atoms with van der Waals surface area (Å²) in [6, 6.07) is 0. The Kier molecular flexibility index (Phi) is 3.31. The molecule has 126 valence electrons. The molecule has 2 aliphatic carbocycles. The van der Waals surface area contributed by atoms with Crippen LogP contribution >= 0.6 is 0 Å². The van der Waals surface area contributed by atoms with Crippen molar-refractivity contribution in [3.8, 4) is 0 Å². The molecule has 2 aromatic heterocycles. The summed E-state index contributed by atoms with van der Waals surface area (Å²) in [5.41, 5.74) is 0.128. The third kappa shape index (κ3) is 2.52. The molecule has 0 spiro atoms. The number of fused-ring (bicyclic) bond motifs is 1. The fraction of sp³-hybridized carbons (Fsp3) is 0.500. The van der Waals surface area contributed by atoms with Crippen LogP contribution in [0.25, 0.3) is 5.52 Å². The van der Waals surface area contributed by atoms with Crippen LogP contribution in [0.4, 0.5) is 0 Å². The number of ether oxygens (including phenoxy) is 1. The van der Waals surface area contributed by atoms with Crippen molar-refractivity contribution in [2.24, 2.45) is 0 Å². The van der Waals surface area contributed by atoms with Crippen molar-refractivity contribution in [1.29, 1.82) is 0 Å². The Morgan fingerprint density at radius 3 is 2.75 bits per heavy atom. The number of carbonyl (C=O) groups is 2. The van der Waals surface area contributed by atoms with Gasteiger partial charge in [0.1, 0.15) is 5.60 Å². The van der Waals surface area contributed by atoms with E-state index in [1.54, 1.807) is 30.2 Å². The summed E-state index contributed by atoms with van der Waals surface area (Å²) in [6.45, 7) is 0.417. The van der Waals surface area contributed by atoms with E-state index in [9.17, 15) is 9.59 Å². The lowest BCUT2D eigenvalue weighted by atomic mass is 10.2. The average Bonchev–Trinajstić information content (AvgIpc) is 3.51. The molecule has 2 aromatic rings. The van der Waals surface area contributed by atoms with Gasteiger partial charge in [-0.3, -0.25) is 14.6 Å². The van der Waals surface area contributed by atoms with Gasteiger partial charge >= 0.3 is 0 Å². The first-order valence-electron chi connectivity index (χ1n) is 8.01. The second-order valence-corrected chi connectivity index (χ2v) is 6.58. The predicted octanol–water partition coefficient (Wildman–Crippen LogP) is 0.287. The van der Waals surface area contributed by atoms with Crippen LogP contribution in [-0.4, -0.2) is 51.2 Å². The molecule has 8 nitrogen and oxygen atoms in total. The molecular formula is C16H19N5O3. The summed E-state index contributed by atoms with van der Waals surface area (Å²) in [5, 5.41) is 10.1. The molecule has 0 unspecified atom stereocenters. The number of hydrogen-bond acceptors (Lipinski definition) is 5. The molecule has 0 bridgehead atoms. The van der Waals surface area contributed by atoms with Gasteiger partial charge in [0.05, 0.1) is 29.0 Å². The van der Waals surface area contributed by atoms with E-state index in [-0.39, 0.29) is 17.4 Å². The highest BCUT2D eigenvalue weighted by molar-refractivity contribution is 6.01. The average molecular weight is 329 g/mol. The maximum Gasteiger partial charge on any atom is 0.255 e. The zero-order valence-corrected chi connectivity index (χ0v) is 13.4. The smallest absolute Gasteiger partial charge is 0.255 e. The summed E-state index contributed by atoms with van der Waals surface area (Å²) in [6.07, 6.45) is 9.65.